The zero-order valence-electron chi connectivity index (χ0n) is 15.8. The van der Waals surface area contributed by atoms with E-state index in [1.807, 2.05) is 42.7 Å². The third kappa shape index (κ3) is 3.95. The molecule has 2 aromatic carbocycles. The average molecular weight is 402 g/mol. The highest BCUT2D eigenvalue weighted by atomic mass is 32.1. The Morgan fingerprint density at radius 3 is 2.59 bits per heavy atom. The first kappa shape index (κ1) is 18.1. The lowest BCUT2D eigenvalue weighted by molar-refractivity contribution is 0.245. The minimum absolute atomic E-state index is 0.227. The van der Waals surface area contributed by atoms with E-state index < -0.39 is 0 Å². The van der Waals surface area contributed by atoms with Crippen molar-refractivity contribution >= 4 is 11.3 Å². The zero-order valence-corrected chi connectivity index (χ0v) is 16.6. The number of benzene rings is 2. The molecule has 144 valence electrons. The van der Waals surface area contributed by atoms with Gasteiger partial charge in [0, 0.05) is 60.0 Å². The Kier molecular flexibility index (Phi) is 4.87. The summed E-state index contributed by atoms with van der Waals surface area (Å²) in [5.74, 6) is 0.569. The van der Waals surface area contributed by atoms with Crippen molar-refractivity contribution < 1.29 is 4.39 Å². The molecule has 4 aromatic rings. The molecule has 0 fully saturated rings. The van der Waals surface area contributed by atoms with Gasteiger partial charge < -0.3 is 0 Å². The molecule has 2 aromatic heterocycles. The van der Waals surface area contributed by atoms with Gasteiger partial charge in [-0.2, -0.15) is 0 Å². The van der Waals surface area contributed by atoms with Crippen LogP contribution in [0.3, 0.4) is 0 Å². The van der Waals surface area contributed by atoms with Crippen molar-refractivity contribution in [3.05, 3.63) is 88.9 Å². The van der Waals surface area contributed by atoms with Gasteiger partial charge in [-0.3, -0.25) is 4.90 Å². The quantitative estimate of drug-likeness (QED) is 0.484. The molecule has 0 unspecified atom stereocenters. The lowest BCUT2D eigenvalue weighted by atomic mass is 10.1. The molecule has 0 aliphatic carbocycles. The summed E-state index contributed by atoms with van der Waals surface area (Å²) in [5.41, 5.74) is 4.34. The molecule has 4 nitrogen and oxygen atoms in total. The first-order valence-electron chi connectivity index (χ1n) is 9.58. The van der Waals surface area contributed by atoms with Crippen LogP contribution in [0.2, 0.25) is 0 Å². The molecular weight excluding hydrogens is 383 g/mol. The van der Waals surface area contributed by atoms with Crippen LogP contribution in [0.15, 0.2) is 67.0 Å². The molecule has 6 heteroatoms. The summed E-state index contributed by atoms with van der Waals surface area (Å²) in [6.07, 6.45) is 4.81. The molecule has 0 radical (unpaired) electrons. The SMILES string of the molecule is Fc1ccc(-c2ncc(CN3CCc4nc(-c5ccccc5)ncc4C3)s2)cc1. The van der Waals surface area contributed by atoms with Crippen LogP contribution in [0.5, 0.6) is 0 Å². The smallest absolute Gasteiger partial charge is 0.159 e. The van der Waals surface area contributed by atoms with Crippen LogP contribution in [-0.4, -0.2) is 26.4 Å². The van der Waals surface area contributed by atoms with E-state index in [2.05, 4.69) is 14.9 Å². The van der Waals surface area contributed by atoms with Crippen LogP contribution in [-0.2, 0) is 19.5 Å². The van der Waals surface area contributed by atoms with Gasteiger partial charge in [-0.25, -0.2) is 19.3 Å². The Labute approximate surface area is 172 Å². The topological polar surface area (TPSA) is 41.9 Å². The fourth-order valence-corrected chi connectivity index (χ4v) is 4.52. The van der Waals surface area contributed by atoms with Crippen LogP contribution in [0.25, 0.3) is 22.0 Å². The molecule has 0 bridgehead atoms. The van der Waals surface area contributed by atoms with Crippen LogP contribution in [0.4, 0.5) is 4.39 Å². The first-order valence-corrected chi connectivity index (χ1v) is 10.4. The molecule has 0 N–H and O–H groups in total. The van der Waals surface area contributed by atoms with E-state index in [0.717, 1.165) is 53.7 Å². The number of aromatic nitrogens is 3. The van der Waals surface area contributed by atoms with E-state index in [1.54, 1.807) is 23.5 Å². The molecule has 0 atom stereocenters. The van der Waals surface area contributed by atoms with Gasteiger partial charge in [0.1, 0.15) is 10.8 Å². The summed E-state index contributed by atoms with van der Waals surface area (Å²) in [6.45, 7) is 2.65. The number of fused-ring (bicyclic) bond motifs is 1. The van der Waals surface area contributed by atoms with E-state index in [-0.39, 0.29) is 5.82 Å². The van der Waals surface area contributed by atoms with E-state index in [4.69, 9.17) is 4.98 Å². The summed E-state index contributed by atoms with van der Waals surface area (Å²) < 4.78 is 13.1. The molecule has 1 aliphatic heterocycles. The molecular formula is C23H19FN4S. The number of halogens is 1. The van der Waals surface area contributed by atoms with Gasteiger partial charge in [-0.15, -0.1) is 11.3 Å². The second-order valence-corrected chi connectivity index (χ2v) is 8.25. The van der Waals surface area contributed by atoms with Gasteiger partial charge in [0.15, 0.2) is 5.82 Å². The Morgan fingerprint density at radius 2 is 1.76 bits per heavy atom. The molecule has 29 heavy (non-hydrogen) atoms. The van der Waals surface area contributed by atoms with Crippen LogP contribution >= 0.6 is 11.3 Å². The molecule has 0 saturated heterocycles. The Hall–Kier alpha value is -2.96. The van der Waals surface area contributed by atoms with Crippen molar-refractivity contribution in [2.45, 2.75) is 19.5 Å². The molecule has 0 spiro atoms. The van der Waals surface area contributed by atoms with Gasteiger partial charge in [0.25, 0.3) is 0 Å². The van der Waals surface area contributed by atoms with Gasteiger partial charge in [-0.05, 0) is 24.3 Å². The van der Waals surface area contributed by atoms with Crippen LogP contribution in [0, 0.1) is 5.82 Å². The molecule has 3 heterocycles. The van der Waals surface area contributed by atoms with E-state index >= 15 is 0 Å². The van der Waals surface area contributed by atoms with Gasteiger partial charge >= 0.3 is 0 Å². The fraction of sp³-hybridized carbons (Fsp3) is 0.174. The van der Waals surface area contributed by atoms with E-state index in [1.165, 1.54) is 22.6 Å². The molecule has 5 rings (SSSR count). The Balaban J connectivity index is 1.29. The van der Waals surface area contributed by atoms with E-state index in [9.17, 15) is 4.39 Å². The van der Waals surface area contributed by atoms with Crippen molar-refractivity contribution in [1.82, 2.24) is 19.9 Å². The molecule has 1 aliphatic rings. The Bertz CT molecular complexity index is 1130. The standard InChI is InChI=1S/C23H19FN4S/c24-19-8-6-17(7-9-19)23-26-13-20(29-23)15-28-11-10-21-18(14-28)12-25-22(27-21)16-4-2-1-3-5-16/h1-9,12-13H,10-11,14-15H2. The minimum Gasteiger partial charge on any atom is -0.293 e. The normalized spacial score (nSPS) is 14.0. The minimum atomic E-state index is -0.227. The van der Waals surface area contributed by atoms with Crippen molar-refractivity contribution in [3.63, 3.8) is 0 Å². The largest absolute Gasteiger partial charge is 0.293 e. The maximum atomic E-state index is 13.1. The second kappa shape index (κ2) is 7.81. The highest BCUT2D eigenvalue weighted by Gasteiger charge is 2.20. The van der Waals surface area contributed by atoms with Crippen LogP contribution in [0.1, 0.15) is 16.1 Å². The first-order chi connectivity index (χ1) is 14.2. The van der Waals surface area contributed by atoms with E-state index in [0.29, 0.717) is 0 Å². The fourth-order valence-electron chi connectivity index (χ4n) is 3.56. The number of rotatable bonds is 4. The lowest BCUT2D eigenvalue weighted by Gasteiger charge is -2.27. The highest BCUT2D eigenvalue weighted by molar-refractivity contribution is 7.15. The maximum absolute atomic E-state index is 13.1. The summed E-state index contributed by atoms with van der Waals surface area (Å²) >= 11 is 1.66. The third-order valence-corrected chi connectivity index (χ3v) is 6.10. The van der Waals surface area contributed by atoms with Crippen molar-refractivity contribution in [2.75, 3.05) is 6.54 Å². The lowest BCUT2D eigenvalue weighted by Crippen LogP contribution is -2.30. The van der Waals surface area contributed by atoms with Crippen molar-refractivity contribution in [2.24, 2.45) is 0 Å². The third-order valence-electron chi connectivity index (χ3n) is 5.07. The summed E-state index contributed by atoms with van der Waals surface area (Å²) in [6, 6.07) is 16.6. The predicted molar refractivity (Wildman–Crippen MR) is 113 cm³/mol. The number of thiazole rings is 1. The predicted octanol–water partition coefficient (Wildman–Crippen LogP) is 4.96. The average Bonchev–Trinajstić information content (AvgIpc) is 3.23. The summed E-state index contributed by atoms with van der Waals surface area (Å²) in [7, 11) is 0. The van der Waals surface area contributed by atoms with Crippen molar-refractivity contribution in [3.8, 4) is 22.0 Å². The molecule has 0 amide bonds. The zero-order chi connectivity index (χ0) is 19.6. The number of hydrogen-bond donors (Lipinski definition) is 0. The second-order valence-electron chi connectivity index (χ2n) is 7.13. The van der Waals surface area contributed by atoms with Gasteiger partial charge in [0.2, 0.25) is 0 Å². The summed E-state index contributed by atoms with van der Waals surface area (Å²) in [4.78, 5) is 17.5. The highest BCUT2D eigenvalue weighted by Crippen LogP contribution is 2.28. The van der Waals surface area contributed by atoms with Gasteiger partial charge in [0.05, 0.1) is 5.69 Å². The number of hydrogen-bond acceptors (Lipinski definition) is 5. The van der Waals surface area contributed by atoms with Crippen molar-refractivity contribution in [1.29, 1.82) is 0 Å². The monoisotopic (exact) mass is 402 g/mol. The maximum Gasteiger partial charge on any atom is 0.159 e. The number of nitrogens with zero attached hydrogens (tertiary/aromatic N) is 4. The summed E-state index contributed by atoms with van der Waals surface area (Å²) in [5, 5.41) is 0.924. The molecule has 0 saturated carbocycles. The van der Waals surface area contributed by atoms with Gasteiger partial charge in [-0.1, -0.05) is 30.3 Å². The van der Waals surface area contributed by atoms with Crippen LogP contribution < -0.4 is 0 Å². The Morgan fingerprint density at radius 1 is 0.931 bits per heavy atom.